The number of carbonyl (C=O) groups excluding carboxylic acids is 1. The van der Waals surface area contributed by atoms with Gasteiger partial charge in [-0.2, -0.15) is 13.2 Å². The first-order chi connectivity index (χ1) is 8.75. The van der Waals surface area contributed by atoms with Crippen molar-refractivity contribution in [2.75, 3.05) is 6.61 Å². The van der Waals surface area contributed by atoms with Crippen molar-refractivity contribution in [3.8, 4) is 0 Å². The molecule has 0 radical (unpaired) electrons. The van der Waals surface area contributed by atoms with Crippen LogP contribution >= 0.6 is 0 Å². The van der Waals surface area contributed by atoms with Crippen LogP contribution in [-0.2, 0) is 17.5 Å². The van der Waals surface area contributed by atoms with Gasteiger partial charge in [-0.05, 0) is 19.1 Å². The van der Waals surface area contributed by atoms with Crippen LogP contribution in [0.25, 0.3) is 0 Å². The van der Waals surface area contributed by atoms with Crippen LogP contribution < -0.4 is 10.9 Å². The van der Waals surface area contributed by atoms with Gasteiger partial charge < -0.3 is 15.0 Å². The summed E-state index contributed by atoms with van der Waals surface area (Å²) in [6, 6.07) is 1.18. The summed E-state index contributed by atoms with van der Waals surface area (Å²) in [5, 5.41) is 11.1. The molecule has 0 bridgehead atoms. The predicted molar refractivity (Wildman–Crippen MR) is 60.4 cm³/mol. The minimum absolute atomic E-state index is 0.302. The Morgan fingerprint density at radius 2 is 2.16 bits per heavy atom. The Kier molecular flexibility index (Phi) is 4.71. The van der Waals surface area contributed by atoms with E-state index in [-0.39, 0.29) is 6.61 Å². The minimum Gasteiger partial charge on any atom is -0.394 e. The Morgan fingerprint density at radius 1 is 1.53 bits per heavy atom. The van der Waals surface area contributed by atoms with Crippen LogP contribution in [0.1, 0.15) is 12.5 Å². The molecule has 1 unspecified atom stereocenters. The molecule has 5 nitrogen and oxygen atoms in total. The van der Waals surface area contributed by atoms with E-state index in [0.717, 1.165) is 12.3 Å². The number of hydrogen-bond acceptors (Lipinski definition) is 3. The number of aromatic nitrogens is 1. The van der Waals surface area contributed by atoms with Gasteiger partial charge in [-0.15, -0.1) is 0 Å². The molecule has 1 atom stereocenters. The molecule has 0 saturated carbocycles. The summed E-state index contributed by atoms with van der Waals surface area (Å²) >= 11 is 0. The van der Waals surface area contributed by atoms with Crippen LogP contribution in [0.3, 0.4) is 0 Å². The number of pyridine rings is 1. The molecule has 1 heterocycles. The van der Waals surface area contributed by atoms with E-state index < -0.39 is 35.8 Å². The highest BCUT2D eigenvalue weighted by atomic mass is 19.4. The normalized spacial score (nSPS) is 13.1. The van der Waals surface area contributed by atoms with Crippen LogP contribution in [0.15, 0.2) is 23.1 Å². The SMILES string of the molecule is CC(CO)NC(=O)Cn1cccc(C(F)(F)F)c1=O. The molecular weight excluding hydrogens is 265 g/mol. The summed E-state index contributed by atoms with van der Waals surface area (Å²) in [5.41, 5.74) is -2.60. The molecule has 1 aromatic rings. The van der Waals surface area contributed by atoms with Gasteiger partial charge >= 0.3 is 6.18 Å². The van der Waals surface area contributed by atoms with E-state index in [4.69, 9.17) is 5.11 Å². The van der Waals surface area contributed by atoms with Crippen molar-refractivity contribution in [3.05, 3.63) is 34.2 Å². The second-order valence-corrected chi connectivity index (χ2v) is 4.00. The predicted octanol–water partition coefficient (Wildman–Crippen LogP) is 0.364. The van der Waals surface area contributed by atoms with Crippen molar-refractivity contribution < 1.29 is 23.1 Å². The highest BCUT2D eigenvalue weighted by Crippen LogP contribution is 2.25. The monoisotopic (exact) mass is 278 g/mol. The van der Waals surface area contributed by atoms with Gasteiger partial charge in [0.05, 0.1) is 6.61 Å². The lowest BCUT2D eigenvalue weighted by Gasteiger charge is -2.13. The molecule has 8 heteroatoms. The van der Waals surface area contributed by atoms with Gasteiger partial charge in [0.1, 0.15) is 12.1 Å². The number of aliphatic hydroxyl groups excluding tert-OH is 1. The number of nitrogens with zero attached hydrogens (tertiary/aromatic N) is 1. The van der Waals surface area contributed by atoms with Crippen molar-refractivity contribution in [2.24, 2.45) is 0 Å². The molecule has 0 saturated heterocycles. The van der Waals surface area contributed by atoms with Gasteiger partial charge in [-0.3, -0.25) is 9.59 Å². The molecule has 0 aromatic carbocycles. The molecule has 19 heavy (non-hydrogen) atoms. The quantitative estimate of drug-likeness (QED) is 0.835. The van der Waals surface area contributed by atoms with E-state index >= 15 is 0 Å². The molecule has 2 N–H and O–H groups in total. The number of nitrogens with one attached hydrogen (secondary N) is 1. The summed E-state index contributed by atoms with van der Waals surface area (Å²) in [7, 11) is 0. The van der Waals surface area contributed by atoms with E-state index in [1.807, 2.05) is 0 Å². The fraction of sp³-hybridized carbons (Fsp3) is 0.455. The molecule has 0 aliphatic carbocycles. The average Bonchev–Trinajstić information content (AvgIpc) is 2.30. The fourth-order valence-electron chi connectivity index (χ4n) is 1.40. The summed E-state index contributed by atoms with van der Waals surface area (Å²) in [6.45, 7) is 0.684. The molecule has 0 aliphatic rings. The maximum Gasteiger partial charge on any atom is 0.421 e. The first kappa shape index (κ1) is 15.2. The smallest absolute Gasteiger partial charge is 0.394 e. The Morgan fingerprint density at radius 3 is 2.68 bits per heavy atom. The van der Waals surface area contributed by atoms with Crippen molar-refractivity contribution >= 4 is 5.91 Å². The van der Waals surface area contributed by atoms with E-state index in [9.17, 15) is 22.8 Å². The number of aliphatic hydroxyl groups is 1. The zero-order valence-electron chi connectivity index (χ0n) is 10.1. The maximum atomic E-state index is 12.5. The number of rotatable bonds is 4. The summed E-state index contributed by atoms with van der Waals surface area (Å²) in [5.74, 6) is -0.650. The second kappa shape index (κ2) is 5.87. The Labute approximate surface area is 106 Å². The summed E-state index contributed by atoms with van der Waals surface area (Å²) in [6.07, 6.45) is -3.66. The number of halogens is 3. The van der Waals surface area contributed by atoms with Crippen molar-refractivity contribution in [1.82, 2.24) is 9.88 Å². The van der Waals surface area contributed by atoms with E-state index in [1.54, 1.807) is 0 Å². The topological polar surface area (TPSA) is 71.3 Å². The number of amides is 1. The first-order valence-electron chi connectivity index (χ1n) is 5.42. The Hall–Kier alpha value is -1.83. The van der Waals surface area contributed by atoms with Crippen LogP contribution in [-0.4, -0.2) is 28.2 Å². The zero-order chi connectivity index (χ0) is 14.6. The summed E-state index contributed by atoms with van der Waals surface area (Å²) < 4.78 is 38.1. The van der Waals surface area contributed by atoms with Crippen LogP contribution in [0.5, 0.6) is 0 Å². The molecule has 0 aliphatic heterocycles. The first-order valence-corrected chi connectivity index (χ1v) is 5.42. The van der Waals surface area contributed by atoms with Gasteiger partial charge in [0.25, 0.3) is 5.56 Å². The molecule has 1 rings (SSSR count). The standard InChI is InChI=1S/C11H13F3N2O3/c1-7(6-17)15-9(18)5-16-4-2-3-8(10(16)19)11(12,13)14/h2-4,7,17H,5-6H2,1H3,(H,15,18). The van der Waals surface area contributed by atoms with Crippen molar-refractivity contribution in [3.63, 3.8) is 0 Å². The Balaban J connectivity index is 2.92. The second-order valence-electron chi connectivity index (χ2n) is 4.00. The third-order valence-corrected chi connectivity index (χ3v) is 2.32. The highest BCUT2D eigenvalue weighted by molar-refractivity contribution is 5.76. The number of carbonyl (C=O) groups is 1. The fourth-order valence-corrected chi connectivity index (χ4v) is 1.40. The van der Waals surface area contributed by atoms with Gasteiger partial charge in [0, 0.05) is 12.2 Å². The highest BCUT2D eigenvalue weighted by Gasteiger charge is 2.34. The molecule has 106 valence electrons. The number of hydrogen-bond donors (Lipinski definition) is 2. The number of alkyl halides is 3. The molecule has 1 amide bonds. The third kappa shape index (κ3) is 4.09. The van der Waals surface area contributed by atoms with Crippen LogP contribution in [0.4, 0.5) is 13.2 Å². The lowest BCUT2D eigenvalue weighted by Crippen LogP contribution is -2.39. The van der Waals surface area contributed by atoms with Gasteiger partial charge in [0.15, 0.2) is 0 Å². The van der Waals surface area contributed by atoms with E-state index in [0.29, 0.717) is 10.6 Å². The van der Waals surface area contributed by atoms with Crippen LogP contribution in [0, 0.1) is 0 Å². The summed E-state index contributed by atoms with van der Waals surface area (Å²) in [4.78, 5) is 23.0. The zero-order valence-corrected chi connectivity index (χ0v) is 10.1. The Bertz CT molecular complexity index is 511. The molecule has 0 fully saturated rings. The molecular formula is C11H13F3N2O3. The van der Waals surface area contributed by atoms with Crippen molar-refractivity contribution in [1.29, 1.82) is 0 Å². The lowest BCUT2D eigenvalue weighted by molar-refractivity contribution is -0.139. The van der Waals surface area contributed by atoms with Gasteiger partial charge in [-0.1, -0.05) is 0 Å². The largest absolute Gasteiger partial charge is 0.421 e. The molecule has 1 aromatic heterocycles. The average molecular weight is 278 g/mol. The van der Waals surface area contributed by atoms with Crippen LogP contribution in [0.2, 0.25) is 0 Å². The maximum absolute atomic E-state index is 12.5. The van der Waals surface area contributed by atoms with Crippen molar-refractivity contribution in [2.45, 2.75) is 25.7 Å². The van der Waals surface area contributed by atoms with E-state index in [2.05, 4.69) is 5.32 Å². The molecule has 0 spiro atoms. The van der Waals surface area contributed by atoms with Gasteiger partial charge in [-0.25, -0.2) is 0 Å². The van der Waals surface area contributed by atoms with Gasteiger partial charge in [0.2, 0.25) is 5.91 Å². The minimum atomic E-state index is -4.76. The third-order valence-electron chi connectivity index (χ3n) is 2.32. The lowest BCUT2D eigenvalue weighted by atomic mass is 10.2. The van der Waals surface area contributed by atoms with E-state index in [1.165, 1.54) is 6.92 Å².